The van der Waals surface area contributed by atoms with E-state index < -0.39 is 5.60 Å². The van der Waals surface area contributed by atoms with Crippen molar-refractivity contribution in [1.82, 2.24) is 0 Å². The lowest BCUT2D eigenvalue weighted by Gasteiger charge is -2.28. The molecule has 1 N–H and O–H groups in total. The molecule has 0 aliphatic rings. The number of rotatable bonds is 10. The number of unbranched alkanes of at least 4 members (excludes halogenated alkanes) is 1. The summed E-state index contributed by atoms with van der Waals surface area (Å²) in [5, 5.41) is 12.1. The lowest BCUT2D eigenvalue weighted by molar-refractivity contribution is -0.140. The van der Waals surface area contributed by atoms with E-state index >= 15 is 0 Å². The molecule has 0 fully saturated rings. The molecule has 1 atom stereocenters. The van der Waals surface area contributed by atoms with Gasteiger partial charge in [-0.3, -0.25) is 4.79 Å². The highest BCUT2D eigenvalue weighted by Crippen LogP contribution is 2.25. The van der Waals surface area contributed by atoms with Gasteiger partial charge >= 0.3 is 0 Å². The number of ether oxygens (including phenoxy) is 2. The standard InChI is InChI=1S/C19H28N2O3/c1-5-8-11-19(4,24-12-6-2)18(22)21-16-9-10-17(23-7-3)15(13-16)14-20/h9-10,13H,5-8,11-12H2,1-4H3,(H,21,22)/t19-/m0/s1. The van der Waals surface area contributed by atoms with Crippen LogP contribution in [-0.4, -0.2) is 24.7 Å². The van der Waals surface area contributed by atoms with E-state index in [4.69, 9.17) is 9.47 Å². The molecule has 1 rings (SSSR count). The average molecular weight is 332 g/mol. The van der Waals surface area contributed by atoms with E-state index in [0.717, 1.165) is 19.3 Å². The second kappa shape index (κ2) is 9.94. The van der Waals surface area contributed by atoms with E-state index in [1.165, 1.54) is 0 Å². The lowest BCUT2D eigenvalue weighted by Crippen LogP contribution is -2.43. The molecule has 0 bridgehead atoms. The minimum absolute atomic E-state index is 0.183. The fraction of sp³-hybridized carbons (Fsp3) is 0.579. The summed E-state index contributed by atoms with van der Waals surface area (Å²) in [6.07, 6.45) is 3.44. The van der Waals surface area contributed by atoms with Crippen molar-refractivity contribution in [1.29, 1.82) is 5.26 Å². The van der Waals surface area contributed by atoms with Gasteiger partial charge in [-0.15, -0.1) is 0 Å². The Morgan fingerprint density at radius 1 is 1.29 bits per heavy atom. The number of nitrogens with zero attached hydrogens (tertiary/aromatic N) is 1. The SMILES string of the molecule is CCCC[C@](C)(OCCC)C(=O)Nc1ccc(OCC)c(C#N)c1. The molecule has 0 spiro atoms. The first-order valence-corrected chi connectivity index (χ1v) is 8.63. The van der Waals surface area contributed by atoms with Crippen LogP contribution in [0.4, 0.5) is 5.69 Å². The molecule has 0 aromatic heterocycles. The fourth-order valence-corrected chi connectivity index (χ4v) is 2.33. The third-order valence-electron chi connectivity index (χ3n) is 3.77. The van der Waals surface area contributed by atoms with Crippen molar-refractivity contribution in [3.05, 3.63) is 23.8 Å². The molecule has 1 aromatic rings. The number of carbonyl (C=O) groups is 1. The number of carbonyl (C=O) groups excluding carboxylic acids is 1. The van der Waals surface area contributed by atoms with Gasteiger partial charge < -0.3 is 14.8 Å². The van der Waals surface area contributed by atoms with Crippen molar-refractivity contribution in [3.8, 4) is 11.8 Å². The van der Waals surface area contributed by atoms with Crippen LogP contribution < -0.4 is 10.1 Å². The van der Waals surface area contributed by atoms with Crippen LogP contribution in [0.15, 0.2) is 18.2 Å². The summed E-state index contributed by atoms with van der Waals surface area (Å²) < 4.78 is 11.2. The molecule has 1 amide bonds. The highest BCUT2D eigenvalue weighted by Gasteiger charge is 2.33. The maximum Gasteiger partial charge on any atom is 0.256 e. The summed E-state index contributed by atoms with van der Waals surface area (Å²) >= 11 is 0. The maximum atomic E-state index is 12.7. The van der Waals surface area contributed by atoms with Crippen LogP contribution in [0.25, 0.3) is 0 Å². The van der Waals surface area contributed by atoms with E-state index in [9.17, 15) is 10.1 Å². The van der Waals surface area contributed by atoms with Crippen molar-refractivity contribution in [2.45, 2.75) is 59.0 Å². The zero-order valence-electron chi connectivity index (χ0n) is 15.1. The van der Waals surface area contributed by atoms with Gasteiger partial charge in [-0.1, -0.05) is 26.7 Å². The third kappa shape index (κ3) is 5.54. The smallest absolute Gasteiger partial charge is 0.256 e. The Bertz CT molecular complexity index is 570. The molecule has 0 unspecified atom stereocenters. The van der Waals surface area contributed by atoms with Crippen LogP contribution in [0.3, 0.4) is 0 Å². The van der Waals surface area contributed by atoms with Gasteiger partial charge in [0.15, 0.2) is 0 Å². The van der Waals surface area contributed by atoms with E-state index in [1.54, 1.807) is 18.2 Å². The summed E-state index contributed by atoms with van der Waals surface area (Å²) in [7, 11) is 0. The minimum atomic E-state index is -0.864. The monoisotopic (exact) mass is 332 g/mol. The van der Waals surface area contributed by atoms with Crippen molar-refractivity contribution in [3.63, 3.8) is 0 Å². The maximum absolute atomic E-state index is 12.7. The van der Waals surface area contributed by atoms with Gasteiger partial charge in [0.05, 0.1) is 12.2 Å². The Hall–Kier alpha value is -2.06. The van der Waals surface area contributed by atoms with Crippen LogP contribution in [0.2, 0.25) is 0 Å². The average Bonchev–Trinajstić information content (AvgIpc) is 2.59. The Balaban J connectivity index is 2.91. The van der Waals surface area contributed by atoms with Crippen LogP contribution in [0.5, 0.6) is 5.75 Å². The van der Waals surface area contributed by atoms with Crippen LogP contribution in [0.1, 0.15) is 58.9 Å². The van der Waals surface area contributed by atoms with E-state index in [2.05, 4.69) is 18.3 Å². The molecular weight excluding hydrogens is 304 g/mol. The zero-order valence-corrected chi connectivity index (χ0v) is 15.1. The van der Waals surface area contributed by atoms with Crippen LogP contribution in [0, 0.1) is 11.3 Å². The van der Waals surface area contributed by atoms with Gasteiger partial charge in [0.2, 0.25) is 0 Å². The predicted molar refractivity (Wildman–Crippen MR) is 95.1 cm³/mol. The topological polar surface area (TPSA) is 71.3 Å². The molecule has 5 nitrogen and oxygen atoms in total. The molecule has 0 aliphatic heterocycles. The number of hydrogen-bond donors (Lipinski definition) is 1. The van der Waals surface area contributed by atoms with E-state index in [-0.39, 0.29) is 5.91 Å². The van der Waals surface area contributed by atoms with Crippen molar-refractivity contribution in [2.75, 3.05) is 18.5 Å². The third-order valence-corrected chi connectivity index (χ3v) is 3.77. The number of nitrogens with one attached hydrogen (secondary N) is 1. The summed E-state index contributed by atoms with van der Waals surface area (Å²) in [5.41, 5.74) is 0.111. The number of benzene rings is 1. The molecule has 0 aliphatic carbocycles. The summed E-state index contributed by atoms with van der Waals surface area (Å²) in [6.45, 7) is 8.82. The highest BCUT2D eigenvalue weighted by atomic mass is 16.5. The van der Waals surface area contributed by atoms with Gasteiger partial charge in [-0.2, -0.15) is 5.26 Å². The molecule has 1 aromatic carbocycles. The predicted octanol–water partition coefficient (Wildman–Crippen LogP) is 4.27. The van der Waals surface area contributed by atoms with Crippen molar-refractivity contribution in [2.24, 2.45) is 0 Å². The van der Waals surface area contributed by atoms with Gasteiger partial charge in [0.25, 0.3) is 5.91 Å². The molecule has 5 heteroatoms. The summed E-state index contributed by atoms with van der Waals surface area (Å²) in [4.78, 5) is 12.7. The molecule has 0 saturated heterocycles. The zero-order chi connectivity index (χ0) is 18.0. The van der Waals surface area contributed by atoms with Crippen molar-refractivity contribution < 1.29 is 14.3 Å². The Morgan fingerprint density at radius 2 is 2.04 bits per heavy atom. The van der Waals surface area contributed by atoms with Gasteiger partial charge in [-0.25, -0.2) is 0 Å². The normalized spacial score (nSPS) is 13.0. The number of nitriles is 1. The number of hydrogen-bond acceptors (Lipinski definition) is 4. The first-order chi connectivity index (χ1) is 11.5. The second-order valence-corrected chi connectivity index (χ2v) is 5.89. The van der Waals surface area contributed by atoms with Crippen molar-refractivity contribution >= 4 is 11.6 Å². The Kier molecular flexibility index (Phi) is 8.28. The number of anilines is 1. The lowest BCUT2D eigenvalue weighted by atomic mass is 9.97. The van der Waals surface area contributed by atoms with E-state index in [1.807, 2.05) is 20.8 Å². The Labute approximate surface area is 145 Å². The molecule has 24 heavy (non-hydrogen) atoms. The fourth-order valence-electron chi connectivity index (χ4n) is 2.33. The summed E-state index contributed by atoms with van der Waals surface area (Å²) in [6, 6.07) is 7.16. The highest BCUT2D eigenvalue weighted by molar-refractivity contribution is 5.97. The molecule has 0 saturated carbocycles. The quantitative estimate of drug-likeness (QED) is 0.694. The first kappa shape index (κ1) is 20.0. The van der Waals surface area contributed by atoms with Crippen LogP contribution >= 0.6 is 0 Å². The molecular formula is C19H28N2O3. The van der Waals surface area contributed by atoms with Gasteiger partial charge in [-0.05, 0) is 44.9 Å². The Morgan fingerprint density at radius 3 is 2.62 bits per heavy atom. The number of amides is 1. The van der Waals surface area contributed by atoms with Crippen LogP contribution in [-0.2, 0) is 9.53 Å². The van der Waals surface area contributed by atoms with Gasteiger partial charge in [0.1, 0.15) is 17.4 Å². The largest absolute Gasteiger partial charge is 0.492 e. The first-order valence-electron chi connectivity index (χ1n) is 8.63. The molecule has 0 radical (unpaired) electrons. The second-order valence-electron chi connectivity index (χ2n) is 5.89. The minimum Gasteiger partial charge on any atom is -0.492 e. The summed E-state index contributed by atoms with van der Waals surface area (Å²) in [5.74, 6) is 0.339. The van der Waals surface area contributed by atoms with E-state index in [0.29, 0.717) is 36.6 Å². The molecule has 0 heterocycles. The molecule has 132 valence electrons. The van der Waals surface area contributed by atoms with Gasteiger partial charge in [0, 0.05) is 12.3 Å².